The third-order valence-electron chi connectivity index (χ3n) is 3.00. The Hall–Kier alpha value is -1.91. The third kappa shape index (κ3) is 5.17. The predicted molar refractivity (Wildman–Crippen MR) is 83.1 cm³/mol. The quantitative estimate of drug-likeness (QED) is 0.821. The summed E-state index contributed by atoms with van der Waals surface area (Å²) in [5, 5.41) is 13.5. The van der Waals surface area contributed by atoms with Crippen molar-refractivity contribution < 1.29 is 9.84 Å². The zero-order valence-corrected chi connectivity index (χ0v) is 12.5. The van der Waals surface area contributed by atoms with Crippen LogP contribution in [0.5, 0.6) is 5.75 Å². The van der Waals surface area contributed by atoms with Crippen molar-refractivity contribution in [2.24, 2.45) is 0 Å². The number of nitrogens with one attached hydrogen (secondary N) is 1. The van der Waals surface area contributed by atoms with E-state index in [2.05, 4.69) is 10.3 Å². The third-order valence-corrected chi connectivity index (χ3v) is 3.00. The van der Waals surface area contributed by atoms with Gasteiger partial charge in [-0.05, 0) is 43.2 Å². The van der Waals surface area contributed by atoms with Crippen LogP contribution >= 0.6 is 0 Å². The van der Waals surface area contributed by atoms with E-state index in [1.807, 2.05) is 56.4 Å². The molecule has 1 aromatic carbocycles. The van der Waals surface area contributed by atoms with Crippen molar-refractivity contribution in [1.29, 1.82) is 0 Å². The maximum absolute atomic E-state index is 10.2. The number of ether oxygens (including phenoxy) is 1. The second-order valence-electron chi connectivity index (χ2n) is 5.25. The Morgan fingerprint density at radius 1 is 1.24 bits per heavy atom. The van der Waals surface area contributed by atoms with Gasteiger partial charge in [0.25, 0.3) is 0 Å². The van der Waals surface area contributed by atoms with Crippen molar-refractivity contribution in [3.63, 3.8) is 0 Å². The van der Waals surface area contributed by atoms with Gasteiger partial charge >= 0.3 is 0 Å². The number of nitrogens with zero attached hydrogens (tertiary/aromatic N) is 1. The number of benzene rings is 1. The van der Waals surface area contributed by atoms with Gasteiger partial charge < -0.3 is 15.2 Å². The summed E-state index contributed by atoms with van der Waals surface area (Å²) in [7, 11) is 0. The van der Waals surface area contributed by atoms with Gasteiger partial charge in [-0.3, -0.25) is 4.98 Å². The molecule has 0 saturated carbocycles. The summed E-state index contributed by atoms with van der Waals surface area (Å²) in [5.41, 5.74) is 1.95. The Labute approximate surface area is 125 Å². The van der Waals surface area contributed by atoms with Gasteiger partial charge in [0.15, 0.2) is 0 Å². The van der Waals surface area contributed by atoms with Gasteiger partial charge in [0.2, 0.25) is 0 Å². The van der Waals surface area contributed by atoms with Crippen LogP contribution in [0.4, 0.5) is 0 Å². The van der Waals surface area contributed by atoms with Crippen LogP contribution in [0.1, 0.15) is 31.1 Å². The van der Waals surface area contributed by atoms with E-state index < -0.39 is 6.10 Å². The van der Waals surface area contributed by atoms with E-state index in [1.165, 1.54) is 0 Å². The Balaban J connectivity index is 1.86. The normalized spacial score (nSPS) is 12.4. The van der Waals surface area contributed by atoms with Gasteiger partial charge in [-0.1, -0.05) is 18.2 Å². The minimum absolute atomic E-state index is 0.126. The Morgan fingerprint density at radius 2 is 2.10 bits per heavy atom. The zero-order chi connectivity index (χ0) is 15.1. The molecule has 112 valence electrons. The first-order valence-corrected chi connectivity index (χ1v) is 7.19. The first-order chi connectivity index (χ1) is 10.1. The highest BCUT2D eigenvalue weighted by atomic mass is 16.5. The summed E-state index contributed by atoms with van der Waals surface area (Å²) < 4.78 is 5.64. The molecule has 0 aliphatic heterocycles. The number of hydrogen-bond acceptors (Lipinski definition) is 4. The molecule has 4 heteroatoms. The van der Waals surface area contributed by atoms with Crippen molar-refractivity contribution in [3.8, 4) is 5.75 Å². The average molecular weight is 286 g/mol. The Bertz CT molecular complexity index is 543. The molecule has 2 aromatic rings. The number of pyridine rings is 1. The fourth-order valence-corrected chi connectivity index (χ4v) is 2.04. The van der Waals surface area contributed by atoms with Crippen LogP contribution in [0, 0.1) is 0 Å². The van der Waals surface area contributed by atoms with Gasteiger partial charge in [-0.25, -0.2) is 0 Å². The molecular weight excluding hydrogens is 264 g/mol. The molecule has 1 unspecified atom stereocenters. The van der Waals surface area contributed by atoms with Crippen molar-refractivity contribution in [1.82, 2.24) is 10.3 Å². The van der Waals surface area contributed by atoms with E-state index in [4.69, 9.17) is 4.74 Å². The number of aliphatic hydroxyl groups excluding tert-OH is 1. The summed E-state index contributed by atoms with van der Waals surface area (Å²) in [6.07, 6.45) is 3.13. The largest absolute Gasteiger partial charge is 0.491 e. The SMILES string of the molecule is CC(C)Oc1cccc(C(O)CNCc2cccnc2)c1. The van der Waals surface area contributed by atoms with Crippen LogP contribution in [0.2, 0.25) is 0 Å². The van der Waals surface area contributed by atoms with Crippen LogP contribution in [0.25, 0.3) is 0 Å². The lowest BCUT2D eigenvalue weighted by Crippen LogP contribution is -2.21. The second-order valence-corrected chi connectivity index (χ2v) is 5.25. The predicted octanol–water partition coefficient (Wildman–Crippen LogP) is 2.69. The zero-order valence-electron chi connectivity index (χ0n) is 12.5. The lowest BCUT2D eigenvalue weighted by molar-refractivity contribution is 0.173. The highest BCUT2D eigenvalue weighted by Gasteiger charge is 2.08. The maximum atomic E-state index is 10.2. The number of hydrogen-bond donors (Lipinski definition) is 2. The van der Waals surface area contributed by atoms with E-state index in [-0.39, 0.29) is 6.10 Å². The van der Waals surface area contributed by atoms with Gasteiger partial charge in [0, 0.05) is 25.5 Å². The first kappa shape index (κ1) is 15.5. The highest BCUT2D eigenvalue weighted by molar-refractivity contribution is 5.30. The molecule has 0 aliphatic rings. The van der Waals surface area contributed by atoms with Crippen molar-refractivity contribution in [2.75, 3.05) is 6.54 Å². The highest BCUT2D eigenvalue weighted by Crippen LogP contribution is 2.20. The minimum atomic E-state index is -0.558. The molecule has 4 nitrogen and oxygen atoms in total. The molecule has 1 aromatic heterocycles. The molecule has 0 bridgehead atoms. The molecule has 0 spiro atoms. The standard InChI is InChI=1S/C17H22N2O2/c1-13(2)21-16-7-3-6-15(9-16)17(20)12-19-11-14-5-4-8-18-10-14/h3-10,13,17,19-20H,11-12H2,1-2H3. The van der Waals surface area contributed by atoms with E-state index >= 15 is 0 Å². The molecule has 0 aliphatic carbocycles. The van der Waals surface area contributed by atoms with Crippen LogP contribution in [-0.2, 0) is 6.54 Å². The van der Waals surface area contributed by atoms with Gasteiger partial charge in [-0.15, -0.1) is 0 Å². The molecule has 2 N–H and O–H groups in total. The molecule has 21 heavy (non-hydrogen) atoms. The fraction of sp³-hybridized carbons (Fsp3) is 0.353. The van der Waals surface area contributed by atoms with E-state index in [1.54, 1.807) is 6.20 Å². The van der Waals surface area contributed by atoms with Crippen molar-refractivity contribution >= 4 is 0 Å². The molecule has 0 saturated heterocycles. The van der Waals surface area contributed by atoms with E-state index in [0.29, 0.717) is 13.1 Å². The maximum Gasteiger partial charge on any atom is 0.120 e. The van der Waals surface area contributed by atoms with E-state index in [0.717, 1.165) is 16.9 Å². The average Bonchev–Trinajstić information content (AvgIpc) is 2.48. The summed E-state index contributed by atoms with van der Waals surface area (Å²) >= 11 is 0. The van der Waals surface area contributed by atoms with Crippen LogP contribution < -0.4 is 10.1 Å². The molecular formula is C17H22N2O2. The van der Waals surface area contributed by atoms with Crippen LogP contribution in [0.15, 0.2) is 48.8 Å². The lowest BCUT2D eigenvalue weighted by Gasteiger charge is -2.15. The topological polar surface area (TPSA) is 54.4 Å². The Kier molecular flexibility index (Phi) is 5.72. The summed E-state index contributed by atoms with van der Waals surface area (Å²) in [6.45, 7) is 5.14. The van der Waals surface area contributed by atoms with Crippen molar-refractivity contribution in [2.45, 2.75) is 32.6 Å². The van der Waals surface area contributed by atoms with Gasteiger partial charge in [-0.2, -0.15) is 0 Å². The number of aliphatic hydroxyl groups is 1. The van der Waals surface area contributed by atoms with Gasteiger partial charge in [0.1, 0.15) is 5.75 Å². The summed E-state index contributed by atoms with van der Waals surface area (Å²) in [6, 6.07) is 11.5. The van der Waals surface area contributed by atoms with E-state index in [9.17, 15) is 5.11 Å². The minimum Gasteiger partial charge on any atom is -0.491 e. The molecule has 0 amide bonds. The summed E-state index contributed by atoms with van der Waals surface area (Å²) in [5.74, 6) is 0.786. The number of rotatable bonds is 7. The molecule has 0 radical (unpaired) electrons. The molecule has 1 heterocycles. The molecule has 1 atom stereocenters. The van der Waals surface area contributed by atoms with Crippen molar-refractivity contribution in [3.05, 3.63) is 59.9 Å². The second kappa shape index (κ2) is 7.76. The monoisotopic (exact) mass is 286 g/mol. The van der Waals surface area contributed by atoms with Crippen LogP contribution in [0.3, 0.4) is 0 Å². The fourth-order valence-electron chi connectivity index (χ4n) is 2.04. The lowest BCUT2D eigenvalue weighted by atomic mass is 10.1. The number of aromatic nitrogens is 1. The first-order valence-electron chi connectivity index (χ1n) is 7.19. The van der Waals surface area contributed by atoms with Crippen LogP contribution in [-0.4, -0.2) is 22.7 Å². The summed E-state index contributed by atoms with van der Waals surface area (Å²) in [4.78, 5) is 4.06. The molecule has 0 fully saturated rings. The van der Waals surface area contributed by atoms with Gasteiger partial charge in [0.05, 0.1) is 12.2 Å². The smallest absolute Gasteiger partial charge is 0.120 e. The Morgan fingerprint density at radius 3 is 2.81 bits per heavy atom. The molecule has 2 rings (SSSR count).